The van der Waals surface area contributed by atoms with Crippen molar-refractivity contribution in [3.8, 4) is 0 Å². The summed E-state index contributed by atoms with van der Waals surface area (Å²) in [6, 6.07) is 1.26. The Morgan fingerprint density at radius 2 is 2.00 bits per heavy atom. The van der Waals surface area contributed by atoms with Crippen LogP contribution in [0.4, 0.5) is 36.8 Å². The molecule has 4 rings (SSSR count). The van der Waals surface area contributed by atoms with E-state index < -0.39 is 54.5 Å². The number of anilines is 1. The molecule has 0 bridgehead atoms. The van der Waals surface area contributed by atoms with E-state index in [0.717, 1.165) is 11.1 Å². The van der Waals surface area contributed by atoms with Crippen molar-refractivity contribution in [1.29, 1.82) is 0 Å². The number of hydrogen-bond acceptors (Lipinski definition) is 5. The summed E-state index contributed by atoms with van der Waals surface area (Å²) in [5.41, 5.74) is -1.00. The number of benzene rings is 1. The number of aromatic nitrogens is 2. The van der Waals surface area contributed by atoms with Crippen LogP contribution in [0.1, 0.15) is 27.3 Å². The smallest absolute Gasteiger partial charge is 0.348 e. The molecule has 3 heterocycles. The average molecular weight is 534 g/mol. The molecule has 1 aromatic carbocycles. The standard InChI is InChI=1S/C21H20F6N6O4/c1-31-19(35)17-11-8-32(20(36)29-10-2-3-13(22)12(6-10)21(25,26)27)5-4-14(11)30-33(17)9-15(37-31)18(34)28-7-16(23)24/h2-3,6,15-16H,4-5,7-9H2,1H3,(H,28,34)(H,29,36). The van der Waals surface area contributed by atoms with Crippen molar-refractivity contribution in [1.82, 2.24) is 25.1 Å². The number of hydroxylamine groups is 2. The maximum atomic E-state index is 13.5. The van der Waals surface area contributed by atoms with Crippen LogP contribution in [-0.2, 0) is 35.3 Å². The van der Waals surface area contributed by atoms with Crippen LogP contribution in [0.3, 0.4) is 0 Å². The lowest BCUT2D eigenvalue weighted by Gasteiger charge is -2.27. The van der Waals surface area contributed by atoms with E-state index in [9.17, 15) is 40.7 Å². The largest absolute Gasteiger partial charge is 0.419 e. The Kier molecular flexibility index (Phi) is 7.03. The fraction of sp³-hybridized carbons (Fsp3) is 0.429. The molecule has 2 aliphatic heterocycles. The molecule has 0 spiro atoms. The molecule has 0 saturated heterocycles. The highest BCUT2D eigenvalue weighted by atomic mass is 19.4. The van der Waals surface area contributed by atoms with E-state index in [1.165, 1.54) is 16.6 Å². The van der Waals surface area contributed by atoms with Crippen molar-refractivity contribution in [2.24, 2.45) is 0 Å². The third kappa shape index (κ3) is 5.47. The van der Waals surface area contributed by atoms with Gasteiger partial charge in [0.05, 0.1) is 30.9 Å². The number of alkyl halides is 5. The summed E-state index contributed by atoms with van der Waals surface area (Å²) in [6.07, 6.45) is -8.90. The van der Waals surface area contributed by atoms with Gasteiger partial charge in [-0.1, -0.05) is 0 Å². The van der Waals surface area contributed by atoms with Crippen LogP contribution in [0.15, 0.2) is 18.2 Å². The van der Waals surface area contributed by atoms with Crippen LogP contribution >= 0.6 is 0 Å². The first kappa shape index (κ1) is 26.2. The zero-order valence-electron chi connectivity index (χ0n) is 19.1. The van der Waals surface area contributed by atoms with Crippen LogP contribution in [0, 0.1) is 5.82 Å². The topological polar surface area (TPSA) is 109 Å². The molecule has 37 heavy (non-hydrogen) atoms. The Morgan fingerprint density at radius 1 is 1.27 bits per heavy atom. The van der Waals surface area contributed by atoms with Gasteiger partial charge in [-0.3, -0.25) is 19.1 Å². The molecule has 2 aliphatic rings. The summed E-state index contributed by atoms with van der Waals surface area (Å²) in [7, 11) is 1.23. The number of hydrogen-bond donors (Lipinski definition) is 2. The lowest BCUT2D eigenvalue weighted by Crippen LogP contribution is -2.43. The van der Waals surface area contributed by atoms with Crippen LogP contribution in [-0.4, -0.2) is 70.3 Å². The van der Waals surface area contributed by atoms with Crippen molar-refractivity contribution >= 4 is 23.5 Å². The minimum absolute atomic E-state index is 0.0142. The predicted molar refractivity (Wildman–Crippen MR) is 113 cm³/mol. The highest BCUT2D eigenvalue weighted by molar-refractivity contribution is 5.95. The molecule has 0 fully saturated rings. The predicted octanol–water partition coefficient (Wildman–Crippen LogP) is 2.40. The van der Waals surface area contributed by atoms with Crippen LogP contribution < -0.4 is 10.6 Å². The van der Waals surface area contributed by atoms with Gasteiger partial charge in [0.15, 0.2) is 6.10 Å². The molecule has 0 radical (unpaired) electrons. The summed E-state index contributed by atoms with van der Waals surface area (Å²) >= 11 is 0. The second-order valence-electron chi connectivity index (χ2n) is 8.28. The molecule has 1 atom stereocenters. The molecule has 4 amide bonds. The van der Waals surface area contributed by atoms with Gasteiger partial charge in [-0.05, 0) is 18.2 Å². The van der Waals surface area contributed by atoms with Crippen LogP contribution in [0.25, 0.3) is 0 Å². The number of carbonyl (C=O) groups excluding carboxylic acids is 3. The number of nitrogens with one attached hydrogen (secondary N) is 2. The molecule has 2 aromatic rings. The summed E-state index contributed by atoms with van der Waals surface area (Å²) in [4.78, 5) is 44.5. The van der Waals surface area contributed by atoms with Crippen molar-refractivity contribution in [2.45, 2.75) is 38.2 Å². The normalized spacial score (nSPS) is 17.8. The Hall–Kier alpha value is -3.82. The maximum absolute atomic E-state index is 13.5. The number of amides is 4. The van der Waals surface area contributed by atoms with Gasteiger partial charge in [0.25, 0.3) is 18.2 Å². The van der Waals surface area contributed by atoms with Crippen molar-refractivity contribution in [2.75, 3.05) is 25.5 Å². The highest BCUT2D eigenvalue weighted by Gasteiger charge is 2.38. The lowest BCUT2D eigenvalue weighted by atomic mass is 10.1. The second kappa shape index (κ2) is 9.91. The van der Waals surface area contributed by atoms with Gasteiger partial charge in [-0.25, -0.2) is 23.0 Å². The summed E-state index contributed by atoms with van der Waals surface area (Å²) in [5.74, 6) is -3.06. The van der Waals surface area contributed by atoms with E-state index in [-0.39, 0.29) is 37.4 Å². The van der Waals surface area contributed by atoms with E-state index in [1.807, 2.05) is 5.32 Å². The minimum atomic E-state index is -4.96. The molecule has 10 nitrogen and oxygen atoms in total. The van der Waals surface area contributed by atoms with Crippen LogP contribution in [0.5, 0.6) is 0 Å². The fourth-order valence-corrected chi connectivity index (χ4v) is 3.99. The summed E-state index contributed by atoms with van der Waals surface area (Å²) < 4.78 is 78.7. The number of urea groups is 1. The van der Waals surface area contributed by atoms with Gasteiger partial charge >= 0.3 is 12.2 Å². The third-order valence-corrected chi connectivity index (χ3v) is 5.75. The van der Waals surface area contributed by atoms with Gasteiger partial charge in [-0.2, -0.15) is 18.3 Å². The van der Waals surface area contributed by atoms with E-state index in [2.05, 4.69) is 10.4 Å². The monoisotopic (exact) mass is 534 g/mol. The Morgan fingerprint density at radius 3 is 2.68 bits per heavy atom. The Bertz CT molecular complexity index is 1230. The van der Waals surface area contributed by atoms with E-state index in [1.54, 1.807) is 0 Å². The molecule has 200 valence electrons. The Labute approximate surface area is 205 Å². The average Bonchev–Trinajstić information content (AvgIpc) is 3.12. The fourth-order valence-electron chi connectivity index (χ4n) is 3.99. The summed E-state index contributed by atoms with van der Waals surface area (Å²) in [5, 5.41) is 9.41. The third-order valence-electron chi connectivity index (χ3n) is 5.75. The number of halogens is 6. The number of rotatable bonds is 4. The minimum Gasteiger partial charge on any atom is -0.348 e. The number of nitrogens with zero attached hydrogens (tertiary/aromatic N) is 4. The zero-order chi connectivity index (χ0) is 27.1. The number of fused-ring (bicyclic) bond motifs is 3. The van der Waals surface area contributed by atoms with Crippen molar-refractivity contribution in [3.63, 3.8) is 0 Å². The quantitative estimate of drug-likeness (QED) is 0.586. The van der Waals surface area contributed by atoms with Gasteiger partial charge in [0.1, 0.15) is 11.5 Å². The van der Waals surface area contributed by atoms with E-state index >= 15 is 0 Å². The molecule has 16 heteroatoms. The maximum Gasteiger partial charge on any atom is 0.419 e. The molecular formula is C21H20F6N6O4. The summed E-state index contributed by atoms with van der Waals surface area (Å²) in [6.45, 7) is -1.22. The second-order valence-corrected chi connectivity index (χ2v) is 8.28. The molecular weight excluding hydrogens is 514 g/mol. The first-order valence-electron chi connectivity index (χ1n) is 10.9. The van der Waals surface area contributed by atoms with Crippen molar-refractivity contribution < 1.29 is 45.6 Å². The van der Waals surface area contributed by atoms with Crippen LogP contribution in [0.2, 0.25) is 0 Å². The van der Waals surface area contributed by atoms with Gasteiger partial charge in [-0.15, -0.1) is 0 Å². The van der Waals surface area contributed by atoms with E-state index in [0.29, 0.717) is 23.4 Å². The zero-order valence-corrected chi connectivity index (χ0v) is 19.1. The van der Waals surface area contributed by atoms with Gasteiger partial charge < -0.3 is 15.5 Å². The lowest BCUT2D eigenvalue weighted by molar-refractivity contribution is -0.168. The van der Waals surface area contributed by atoms with Crippen molar-refractivity contribution in [3.05, 3.63) is 46.5 Å². The Balaban J connectivity index is 1.53. The SMILES string of the molecule is CN1OC(C(=O)NCC(F)F)Cn2nc3c(c2C1=O)CN(C(=O)Nc1ccc(F)c(C(F)(F)F)c1)CC3. The first-order valence-corrected chi connectivity index (χ1v) is 10.9. The van der Waals surface area contributed by atoms with Gasteiger partial charge in [0, 0.05) is 31.3 Å². The molecule has 0 saturated carbocycles. The molecule has 2 N–H and O–H groups in total. The number of carbonyl (C=O) groups is 3. The molecule has 1 unspecified atom stereocenters. The highest BCUT2D eigenvalue weighted by Crippen LogP contribution is 2.33. The van der Waals surface area contributed by atoms with Gasteiger partial charge in [0.2, 0.25) is 0 Å². The molecule has 0 aliphatic carbocycles. The first-order chi connectivity index (χ1) is 17.3. The van der Waals surface area contributed by atoms with E-state index in [4.69, 9.17) is 4.84 Å². The molecule has 1 aromatic heterocycles.